The van der Waals surface area contributed by atoms with Crippen molar-refractivity contribution in [1.29, 1.82) is 0 Å². The SMILES string of the molecule is CC(C)(C)c1cc(C(C)(C)C)c2oc(-c3ccc([N+](=O)[O-])cc3)nc2c1O. The Hall–Kier alpha value is -2.89. The molecule has 0 aliphatic carbocycles. The van der Waals surface area contributed by atoms with E-state index in [1.807, 2.05) is 26.8 Å². The summed E-state index contributed by atoms with van der Waals surface area (Å²) >= 11 is 0. The van der Waals surface area contributed by atoms with Crippen LogP contribution in [-0.2, 0) is 10.8 Å². The van der Waals surface area contributed by atoms with Crippen LogP contribution in [0.15, 0.2) is 34.7 Å². The summed E-state index contributed by atoms with van der Waals surface area (Å²) < 4.78 is 6.02. The smallest absolute Gasteiger partial charge is 0.269 e. The van der Waals surface area contributed by atoms with Gasteiger partial charge in [0.25, 0.3) is 5.69 Å². The summed E-state index contributed by atoms with van der Waals surface area (Å²) in [5, 5.41) is 21.7. The van der Waals surface area contributed by atoms with Crippen molar-refractivity contribution in [2.24, 2.45) is 0 Å². The van der Waals surface area contributed by atoms with Crippen LogP contribution in [0.3, 0.4) is 0 Å². The molecule has 0 fully saturated rings. The largest absolute Gasteiger partial charge is 0.505 e. The van der Waals surface area contributed by atoms with Gasteiger partial charge in [0.05, 0.1) is 4.92 Å². The van der Waals surface area contributed by atoms with E-state index in [0.717, 1.165) is 11.1 Å². The summed E-state index contributed by atoms with van der Waals surface area (Å²) in [5.41, 5.74) is 2.88. The van der Waals surface area contributed by atoms with Crippen LogP contribution < -0.4 is 0 Å². The van der Waals surface area contributed by atoms with Gasteiger partial charge in [-0.15, -0.1) is 0 Å². The first-order valence-electron chi connectivity index (χ1n) is 8.82. The molecular weight excluding hydrogens is 344 g/mol. The fraction of sp³-hybridized carbons (Fsp3) is 0.381. The van der Waals surface area contributed by atoms with Crippen molar-refractivity contribution >= 4 is 16.8 Å². The van der Waals surface area contributed by atoms with Gasteiger partial charge in [-0.2, -0.15) is 0 Å². The second kappa shape index (κ2) is 6.08. The van der Waals surface area contributed by atoms with Gasteiger partial charge in [0, 0.05) is 28.8 Å². The third kappa shape index (κ3) is 3.39. The highest BCUT2D eigenvalue weighted by Gasteiger charge is 2.29. The molecule has 1 N–H and O–H groups in total. The van der Waals surface area contributed by atoms with Crippen LogP contribution in [0.4, 0.5) is 5.69 Å². The van der Waals surface area contributed by atoms with Crippen LogP contribution in [0.1, 0.15) is 52.7 Å². The number of rotatable bonds is 2. The Balaban J connectivity index is 2.27. The minimum absolute atomic E-state index is 0.00288. The molecule has 0 amide bonds. The maximum absolute atomic E-state index is 10.9. The molecule has 142 valence electrons. The zero-order valence-electron chi connectivity index (χ0n) is 16.5. The molecule has 0 bridgehead atoms. The molecule has 0 saturated carbocycles. The summed E-state index contributed by atoms with van der Waals surface area (Å²) in [6, 6.07) is 8.01. The van der Waals surface area contributed by atoms with Gasteiger partial charge in [0.1, 0.15) is 5.75 Å². The molecule has 0 atom stereocenters. The normalized spacial score (nSPS) is 12.5. The quantitative estimate of drug-likeness (QED) is 0.462. The second-order valence-electron chi connectivity index (χ2n) is 8.82. The highest BCUT2D eigenvalue weighted by atomic mass is 16.6. The van der Waals surface area contributed by atoms with Gasteiger partial charge in [-0.25, -0.2) is 4.98 Å². The van der Waals surface area contributed by atoms with E-state index in [1.165, 1.54) is 12.1 Å². The maximum Gasteiger partial charge on any atom is 0.269 e. The van der Waals surface area contributed by atoms with Crippen molar-refractivity contribution in [3.05, 3.63) is 51.6 Å². The lowest BCUT2D eigenvalue weighted by atomic mass is 9.79. The molecule has 0 spiro atoms. The van der Waals surface area contributed by atoms with Gasteiger partial charge in [0.2, 0.25) is 5.89 Å². The van der Waals surface area contributed by atoms with Crippen LogP contribution >= 0.6 is 0 Å². The molecule has 0 radical (unpaired) electrons. The minimum atomic E-state index is -0.449. The number of aromatic hydroxyl groups is 1. The monoisotopic (exact) mass is 368 g/mol. The number of non-ortho nitro benzene ring substituents is 1. The van der Waals surface area contributed by atoms with Crippen molar-refractivity contribution in [3.63, 3.8) is 0 Å². The zero-order valence-corrected chi connectivity index (χ0v) is 16.5. The number of hydrogen-bond acceptors (Lipinski definition) is 5. The molecule has 0 saturated heterocycles. The fourth-order valence-electron chi connectivity index (χ4n) is 3.05. The summed E-state index contributed by atoms with van der Waals surface area (Å²) in [5.74, 6) is 0.439. The topological polar surface area (TPSA) is 89.4 Å². The number of phenolic OH excluding ortho intramolecular Hbond substituents is 1. The fourth-order valence-corrected chi connectivity index (χ4v) is 3.05. The van der Waals surface area contributed by atoms with Crippen molar-refractivity contribution < 1.29 is 14.4 Å². The Morgan fingerprint density at radius 2 is 1.56 bits per heavy atom. The minimum Gasteiger partial charge on any atom is -0.505 e. The van der Waals surface area contributed by atoms with Crippen LogP contribution in [0.2, 0.25) is 0 Å². The molecule has 0 aliphatic rings. The van der Waals surface area contributed by atoms with Gasteiger partial charge in [-0.05, 0) is 29.0 Å². The van der Waals surface area contributed by atoms with Gasteiger partial charge in [-0.1, -0.05) is 41.5 Å². The standard InChI is InChI=1S/C21H24N2O4/c1-20(2,3)14-11-15(21(4,5)6)18-16(17(14)24)22-19(27-18)12-7-9-13(10-8-12)23(25)26/h7-11,24H,1-6H3. The number of nitro benzene ring substituents is 1. The summed E-state index contributed by atoms with van der Waals surface area (Å²) in [4.78, 5) is 14.9. The van der Waals surface area contributed by atoms with E-state index >= 15 is 0 Å². The summed E-state index contributed by atoms with van der Waals surface area (Å²) in [6.45, 7) is 12.4. The molecule has 6 heteroatoms. The van der Waals surface area contributed by atoms with E-state index in [9.17, 15) is 15.2 Å². The van der Waals surface area contributed by atoms with E-state index in [4.69, 9.17) is 4.42 Å². The first-order valence-corrected chi connectivity index (χ1v) is 8.82. The highest BCUT2D eigenvalue weighted by Crippen LogP contribution is 2.43. The van der Waals surface area contributed by atoms with Crippen LogP contribution in [0.5, 0.6) is 5.75 Å². The first-order chi connectivity index (χ1) is 12.4. The lowest BCUT2D eigenvalue weighted by Gasteiger charge is -2.25. The lowest BCUT2D eigenvalue weighted by Crippen LogP contribution is -2.16. The van der Waals surface area contributed by atoms with Gasteiger partial charge in [0.15, 0.2) is 11.1 Å². The molecular formula is C21H24N2O4. The Morgan fingerprint density at radius 1 is 1.00 bits per heavy atom. The summed E-state index contributed by atoms with van der Waals surface area (Å²) in [7, 11) is 0. The van der Waals surface area contributed by atoms with Crippen LogP contribution in [0, 0.1) is 10.1 Å². The predicted molar refractivity (Wildman–Crippen MR) is 105 cm³/mol. The number of hydrogen-bond donors (Lipinski definition) is 1. The molecule has 0 aliphatic heterocycles. The lowest BCUT2D eigenvalue weighted by molar-refractivity contribution is -0.384. The Labute approximate surface area is 158 Å². The Kier molecular flexibility index (Phi) is 4.25. The van der Waals surface area contributed by atoms with Gasteiger partial charge >= 0.3 is 0 Å². The van der Waals surface area contributed by atoms with E-state index in [0.29, 0.717) is 22.6 Å². The van der Waals surface area contributed by atoms with E-state index in [2.05, 4.69) is 25.8 Å². The average molecular weight is 368 g/mol. The third-order valence-corrected chi connectivity index (χ3v) is 4.58. The number of benzene rings is 2. The maximum atomic E-state index is 10.9. The van der Waals surface area contributed by atoms with Crippen molar-refractivity contribution in [2.75, 3.05) is 0 Å². The number of phenols is 1. The van der Waals surface area contributed by atoms with Crippen molar-refractivity contribution in [2.45, 2.75) is 52.4 Å². The van der Waals surface area contributed by atoms with Gasteiger partial charge in [-0.3, -0.25) is 10.1 Å². The zero-order chi connectivity index (χ0) is 20.1. The summed E-state index contributed by atoms with van der Waals surface area (Å²) in [6.07, 6.45) is 0. The number of aromatic nitrogens is 1. The Morgan fingerprint density at radius 3 is 2.04 bits per heavy atom. The number of nitrogens with zero attached hydrogens (tertiary/aromatic N) is 2. The van der Waals surface area contributed by atoms with Crippen LogP contribution in [0.25, 0.3) is 22.6 Å². The van der Waals surface area contributed by atoms with E-state index in [1.54, 1.807) is 12.1 Å². The number of nitro groups is 1. The molecule has 1 heterocycles. The molecule has 27 heavy (non-hydrogen) atoms. The number of fused-ring (bicyclic) bond motifs is 1. The molecule has 2 aromatic carbocycles. The Bertz CT molecular complexity index is 1020. The molecule has 3 aromatic rings. The first kappa shape index (κ1) is 18.9. The molecule has 1 aromatic heterocycles. The number of oxazole rings is 1. The predicted octanol–water partition coefficient (Wildman–Crippen LogP) is 5.70. The van der Waals surface area contributed by atoms with Crippen molar-refractivity contribution in [1.82, 2.24) is 4.98 Å². The molecule has 6 nitrogen and oxygen atoms in total. The van der Waals surface area contributed by atoms with E-state index in [-0.39, 0.29) is 22.3 Å². The van der Waals surface area contributed by atoms with Crippen molar-refractivity contribution in [3.8, 4) is 17.2 Å². The third-order valence-electron chi connectivity index (χ3n) is 4.58. The molecule has 3 rings (SSSR count). The highest BCUT2D eigenvalue weighted by molar-refractivity contribution is 5.87. The van der Waals surface area contributed by atoms with E-state index < -0.39 is 4.92 Å². The van der Waals surface area contributed by atoms with Crippen LogP contribution in [-0.4, -0.2) is 15.0 Å². The van der Waals surface area contributed by atoms with Gasteiger partial charge < -0.3 is 9.52 Å². The average Bonchev–Trinajstić information content (AvgIpc) is 2.98. The molecule has 0 unspecified atom stereocenters. The second-order valence-corrected chi connectivity index (χ2v) is 8.82.